The third-order valence-corrected chi connectivity index (χ3v) is 6.39. The molecule has 0 saturated carbocycles. The van der Waals surface area contributed by atoms with Crippen LogP contribution in [-0.2, 0) is 9.59 Å². The number of anilines is 1. The molecule has 0 spiro atoms. The molecule has 0 aliphatic carbocycles. The maximum atomic E-state index is 14.8. The number of nitrogens with one attached hydrogen (secondary N) is 1. The lowest BCUT2D eigenvalue weighted by Gasteiger charge is -2.27. The summed E-state index contributed by atoms with van der Waals surface area (Å²) in [6, 6.07) is 6.70. The van der Waals surface area contributed by atoms with Gasteiger partial charge in [-0.25, -0.2) is 9.18 Å². The van der Waals surface area contributed by atoms with Crippen LogP contribution in [0.4, 0.5) is 18.9 Å². The summed E-state index contributed by atoms with van der Waals surface area (Å²) in [5, 5.41) is 11.4. The van der Waals surface area contributed by atoms with E-state index in [0.717, 1.165) is 18.2 Å². The quantitative estimate of drug-likeness (QED) is 0.575. The number of halogens is 4. The monoisotopic (exact) mass is 508 g/mol. The first kappa shape index (κ1) is 24.6. The van der Waals surface area contributed by atoms with Gasteiger partial charge in [0.1, 0.15) is 11.8 Å². The van der Waals surface area contributed by atoms with Gasteiger partial charge in [-0.05, 0) is 67.7 Å². The molecule has 11 heteroatoms. The summed E-state index contributed by atoms with van der Waals surface area (Å²) in [5.41, 5.74) is 0.291. The molecule has 2 aliphatic heterocycles. The first-order valence-corrected chi connectivity index (χ1v) is 11.1. The maximum absolute atomic E-state index is 14.8. The largest absolute Gasteiger partial charge is 0.478 e. The average Bonchev–Trinajstić information content (AvgIpc) is 3.17. The fraction of sp³-hybridized carbons (Fsp3) is 0.292. The molecule has 2 aromatic carbocycles. The van der Waals surface area contributed by atoms with Crippen LogP contribution in [0.1, 0.15) is 41.6 Å². The fourth-order valence-electron chi connectivity index (χ4n) is 4.52. The number of benzene rings is 2. The van der Waals surface area contributed by atoms with Gasteiger partial charge in [-0.1, -0.05) is 11.6 Å². The molecule has 0 unspecified atom stereocenters. The van der Waals surface area contributed by atoms with E-state index in [1.807, 2.05) is 0 Å². The summed E-state index contributed by atoms with van der Waals surface area (Å²) >= 11 is 5.86. The van der Waals surface area contributed by atoms with E-state index in [9.17, 15) is 27.6 Å². The molecule has 35 heavy (non-hydrogen) atoms. The Labute approximate surface area is 203 Å². The van der Waals surface area contributed by atoms with Crippen LogP contribution in [0.25, 0.3) is 5.57 Å². The Balaban J connectivity index is 1.58. The number of hydrogen-bond donors (Lipinski definition) is 2. The van der Waals surface area contributed by atoms with E-state index in [4.69, 9.17) is 16.7 Å². The highest BCUT2D eigenvalue weighted by atomic mass is 35.5. The van der Waals surface area contributed by atoms with E-state index < -0.39 is 42.0 Å². The van der Waals surface area contributed by atoms with Crippen molar-refractivity contribution in [1.29, 1.82) is 0 Å². The normalized spacial score (nSPS) is 19.7. The van der Waals surface area contributed by atoms with Crippen LogP contribution >= 0.6 is 11.6 Å². The van der Waals surface area contributed by atoms with Crippen LogP contribution in [0.2, 0.25) is 5.02 Å². The van der Waals surface area contributed by atoms with Crippen molar-refractivity contribution in [3.63, 3.8) is 0 Å². The zero-order valence-electron chi connectivity index (χ0n) is 18.1. The van der Waals surface area contributed by atoms with Crippen molar-refractivity contribution in [2.45, 2.75) is 44.4 Å². The van der Waals surface area contributed by atoms with Crippen LogP contribution in [0.5, 0.6) is 5.75 Å². The number of alkyl halides is 2. The summed E-state index contributed by atoms with van der Waals surface area (Å²) in [7, 11) is 0. The van der Waals surface area contributed by atoms with Gasteiger partial charge in [0.15, 0.2) is 5.82 Å². The molecule has 2 N–H and O–H groups in total. The minimum Gasteiger partial charge on any atom is -0.478 e. The van der Waals surface area contributed by atoms with Gasteiger partial charge in [0.25, 0.3) is 0 Å². The molecule has 0 bridgehead atoms. The molecule has 2 aliphatic rings. The Hall–Kier alpha value is -3.53. The lowest BCUT2D eigenvalue weighted by atomic mass is 9.97. The smallest absolute Gasteiger partial charge is 0.387 e. The molecule has 0 aromatic heterocycles. The Morgan fingerprint density at radius 1 is 1.11 bits per heavy atom. The summed E-state index contributed by atoms with van der Waals surface area (Å²) in [6.45, 7) is -3.20. The Kier molecular flexibility index (Phi) is 7.02. The Morgan fingerprint density at radius 2 is 1.83 bits per heavy atom. The van der Waals surface area contributed by atoms with Crippen LogP contribution < -0.4 is 10.1 Å². The Bertz CT molecular complexity index is 1200. The predicted octanol–water partition coefficient (Wildman–Crippen LogP) is 4.95. The van der Waals surface area contributed by atoms with E-state index in [-0.39, 0.29) is 34.2 Å². The molecular formula is C24H20ClF3N2O5. The molecule has 0 radical (unpaired) electrons. The number of aromatic carboxylic acids is 1. The average molecular weight is 509 g/mol. The highest BCUT2D eigenvalue weighted by molar-refractivity contribution is 6.31. The van der Waals surface area contributed by atoms with Gasteiger partial charge in [0.2, 0.25) is 11.8 Å². The number of amides is 2. The standard InChI is InChI=1S/C24H20ClF3N2O5/c25-16-8-10-18(35-24(27)28)20(21(16)26)13-3-6-15-7-9-17(30(15)19(31)11-13)22(32)29-14-4-1-12(2-5-14)23(33)34/h1-2,4-5,8,10-11,15,17,24H,3,6-7,9H2,(H,29,32)(H,33,34)/t15-,17-/m0/s1. The van der Waals surface area contributed by atoms with Gasteiger partial charge >= 0.3 is 12.6 Å². The lowest BCUT2D eigenvalue weighted by Crippen LogP contribution is -2.45. The van der Waals surface area contributed by atoms with Crippen molar-refractivity contribution in [2.75, 3.05) is 5.32 Å². The first-order chi connectivity index (χ1) is 16.7. The number of ether oxygens (including phenoxy) is 1. The second-order valence-corrected chi connectivity index (χ2v) is 8.59. The van der Waals surface area contributed by atoms with Gasteiger partial charge in [0, 0.05) is 17.8 Å². The third kappa shape index (κ3) is 5.12. The number of allylic oxidation sites excluding steroid dienone is 1. The number of carbonyl (C=O) groups excluding carboxylic acids is 2. The predicted molar refractivity (Wildman–Crippen MR) is 121 cm³/mol. The second kappa shape index (κ2) is 9.99. The number of nitrogens with zero attached hydrogens (tertiary/aromatic N) is 1. The maximum Gasteiger partial charge on any atom is 0.387 e. The molecule has 1 saturated heterocycles. The Morgan fingerprint density at radius 3 is 2.49 bits per heavy atom. The third-order valence-electron chi connectivity index (χ3n) is 6.10. The number of rotatable bonds is 6. The van der Waals surface area contributed by atoms with Crippen LogP contribution in [0, 0.1) is 5.82 Å². The number of fused-ring (bicyclic) bond motifs is 1. The first-order valence-electron chi connectivity index (χ1n) is 10.8. The number of carbonyl (C=O) groups is 3. The SMILES string of the molecule is O=C(O)c1ccc(NC(=O)[C@@H]2CC[C@@H]3CCC(c4c(OC(F)F)ccc(Cl)c4F)=CC(=O)N32)cc1. The van der Waals surface area contributed by atoms with Crippen molar-refractivity contribution < 1.29 is 37.4 Å². The van der Waals surface area contributed by atoms with Crippen molar-refractivity contribution >= 4 is 40.6 Å². The van der Waals surface area contributed by atoms with Crippen LogP contribution in [0.15, 0.2) is 42.5 Å². The van der Waals surface area contributed by atoms with Gasteiger partial charge < -0.3 is 20.1 Å². The molecule has 4 rings (SSSR count). The van der Waals surface area contributed by atoms with Crippen molar-refractivity contribution in [3.8, 4) is 5.75 Å². The van der Waals surface area contributed by atoms with Crippen molar-refractivity contribution in [2.24, 2.45) is 0 Å². The summed E-state index contributed by atoms with van der Waals surface area (Å²) < 4.78 is 45.1. The van der Waals surface area contributed by atoms with Gasteiger partial charge in [-0.15, -0.1) is 0 Å². The fourth-order valence-corrected chi connectivity index (χ4v) is 4.68. The zero-order chi connectivity index (χ0) is 25.3. The lowest BCUT2D eigenvalue weighted by molar-refractivity contribution is -0.134. The molecule has 2 heterocycles. The molecule has 2 atom stereocenters. The van der Waals surface area contributed by atoms with E-state index in [1.165, 1.54) is 29.2 Å². The highest BCUT2D eigenvalue weighted by Gasteiger charge is 2.41. The highest BCUT2D eigenvalue weighted by Crippen LogP contribution is 2.40. The van der Waals surface area contributed by atoms with E-state index >= 15 is 0 Å². The van der Waals surface area contributed by atoms with E-state index in [2.05, 4.69) is 10.1 Å². The zero-order valence-corrected chi connectivity index (χ0v) is 18.9. The second-order valence-electron chi connectivity index (χ2n) is 8.19. The summed E-state index contributed by atoms with van der Waals surface area (Å²) in [5.74, 6) is -3.50. The molecule has 184 valence electrons. The van der Waals surface area contributed by atoms with Gasteiger partial charge in [0.05, 0.1) is 16.1 Å². The number of carboxylic acids is 1. The topological polar surface area (TPSA) is 95.9 Å². The van der Waals surface area contributed by atoms with Crippen molar-refractivity contribution in [3.05, 3.63) is 64.4 Å². The molecule has 2 amide bonds. The van der Waals surface area contributed by atoms with Crippen molar-refractivity contribution in [1.82, 2.24) is 4.90 Å². The number of carboxylic acid groups (broad SMARTS) is 1. The molecule has 1 fully saturated rings. The number of hydrogen-bond acceptors (Lipinski definition) is 4. The molecule has 7 nitrogen and oxygen atoms in total. The summed E-state index contributed by atoms with van der Waals surface area (Å²) in [4.78, 5) is 38.5. The van der Waals surface area contributed by atoms with Crippen LogP contribution in [-0.4, -0.2) is 46.5 Å². The van der Waals surface area contributed by atoms with Gasteiger partial charge in [-0.2, -0.15) is 8.78 Å². The minimum absolute atomic E-state index is 0.0627. The molecule has 2 aromatic rings. The van der Waals surface area contributed by atoms with Gasteiger partial charge in [-0.3, -0.25) is 9.59 Å². The minimum atomic E-state index is -3.20. The summed E-state index contributed by atoms with van der Waals surface area (Å²) in [6.07, 6.45) is 2.65. The van der Waals surface area contributed by atoms with E-state index in [1.54, 1.807) is 0 Å². The van der Waals surface area contributed by atoms with E-state index in [0.29, 0.717) is 24.9 Å². The molecular weight excluding hydrogens is 489 g/mol. The van der Waals surface area contributed by atoms with Crippen LogP contribution in [0.3, 0.4) is 0 Å².